The summed E-state index contributed by atoms with van der Waals surface area (Å²) in [5.74, 6) is -0.137. The van der Waals surface area contributed by atoms with Crippen molar-refractivity contribution in [2.24, 2.45) is 0 Å². The van der Waals surface area contributed by atoms with Crippen molar-refractivity contribution in [3.63, 3.8) is 0 Å². The van der Waals surface area contributed by atoms with Crippen LogP contribution in [0.3, 0.4) is 0 Å². The molecule has 1 aromatic carbocycles. The highest BCUT2D eigenvalue weighted by atomic mass is 19.1. The van der Waals surface area contributed by atoms with Crippen LogP contribution in [0.5, 0.6) is 0 Å². The predicted octanol–water partition coefficient (Wildman–Crippen LogP) is 2.82. The van der Waals surface area contributed by atoms with Crippen LogP contribution >= 0.6 is 0 Å². The van der Waals surface area contributed by atoms with Crippen LogP contribution in [0.4, 0.5) is 10.1 Å². The van der Waals surface area contributed by atoms with Crippen molar-refractivity contribution in [3.05, 3.63) is 29.6 Å². The van der Waals surface area contributed by atoms with Crippen LogP contribution < -0.4 is 10.2 Å². The highest BCUT2D eigenvalue weighted by Crippen LogP contribution is 2.30. The second-order valence-corrected chi connectivity index (χ2v) is 6.27. The second kappa shape index (κ2) is 6.75. The molecule has 21 heavy (non-hydrogen) atoms. The topological polar surface area (TPSA) is 35.5 Å². The molecule has 1 aromatic rings. The third-order valence-corrected chi connectivity index (χ3v) is 4.64. The number of aliphatic hydroxyl groups excluding tert-OH is 1. The number of aliphatic hydroxyl groups is 1. The summed E-state index contributed by atoms with van der Waals surface area (Å²) >= 11 is 0. The molecule has 0 radical (unpaired) electrons. The molecule has 1 unspecified atom stereocenters. The zero-order valence-electron chi connectivity index (χ0n) is 12.5. The standard InChI is InChI=1S/C17H25FN2O/c18-16-6-4-7-17(15(16)11-19-13-8-9-13)20-10-3-1-2-5-14(20)12-21/h4,6-7,13-14,19,21H,1-3,5,8-12H2. The first-order valence-corrected chi connectivity index (χ1v) is 8.18. The van der Waals surface area contributed by atoms with Crippen molar-refractivity contribution in [2.45, 2.75) is 57.2 Å². The average molecular weight is 292 g/mol. The van der Waals surface area contributed by atoms with Gasteiger partial charge in [-0.25, -0.2) is 4.39 Å². The van der Waals surface area contributed by atoms with Crippen molar-refractivity contribution in [3.8, 4) is 0 Å². The fraction of sp³-hybridized carbons (Fsp3) is 0.647. The number of nitrogens with one attached hydrogen (secondary N) is 1. The molecule has 1 aliphatic heterocycles. The molecule has 0 spiro atoms. The first-order valence-electron chi connectivity index (χ1n) is 8.18. The molecule has 0 aromatic heterocycles. The molecule has 0 amide bonds. The lowest BCUT2D eigenvalue weighted by molar-refractivity contribution is 0.255. The Balaban J connectivity index is 1.85. The highest BCUT2D eigenvalue weighted by molar-refractivity contribution is 5.55. The zero-order chi connectivity index (χ0) is 14.7. The van der Waals surface area contributed by atoms with Crippen LogP contribution in [-0.4, -0.2) is 30.3 Å². The predicted molar refractivity (Wildman–Crippen MR) is 82.9 cm³/mol. The van der Waals surface area contributed by atoms with Gasteiger partial charge in [0.05, 0.1) is 12.6 Å². The maximum absolute atomic E-state index is 14.3. The largest absolute Gasteiger partial charge is 0.394 e. The average Bonchev–Trinajstić information content (AvgIpc) is 3.32. The molecule has 1 atom stereocenters. The van der Waals surface area contributed by atoms with E-state index in [9.17, 15) is 9.50 Å². The molecule has 1 saturated carbocycles. The SMILES string of the molecule is OCC1CCCCCN1c1cccc(F)c1CNC1CC1. The molecule has 1 saturated heterocycles. The van der Waals surface area contributed by atoms with Gasteiger partial charge in [-0.3, -0.25) is 0 Å². The van der Waals surface area contributed by atoms with Crippen LogP contribution in [0.1, 0.15) is 44.1 Å². The van der Waals surface area contributed by atoms with Gasteiger partial charge in [0.15, 0.2) is 0 Å². The summed E-state index contributed by atoms with van der Waals surface area (Å²) < 4.78 is 14.3. The van der Waals surface area contributed by atoms with Gasteiger partial charge in [-0.05, 0) is 37.8 Å². The van der Waals surface area contributed by atoms with Crippen LogP contribution in [-0.2, 0) is 6.54 Å². The van der Waals surface area contributed by atoms with E-state index in [0.717, 1.165) is 37.1 Å². The minimum Gasteiger partial charge on any atom is -0.394 e. The third kappa shape index (κ3) is 3.55. The Bertz CT molecular complexity index is 476. The maximum Gasteiger partial charge on any atom is 0.129 e. The minimum atomic E-state index is -0.137. The van der Waals surface area contributed by atoms with E-state index >= 15 is 0 Å². The van der Waals surface area contributed by atoms with Crippen molar-refractivity contribution < 1.29 is 9.50 Å². The quantitative estimate of drug-likeness (QED) is 0.876. The number of hydrogen-bond donors (Lipinski definition) is 2. The van der Waals surface area contributed by atoms with Gasteiger partial charge < -0.3 is 15.3 Å². The molecular weight excluding hydrogens is 267 g/mol. The number of hydrogen-bond acceptors (Lipinski definition) is 3. The molecule has 2 N–H and O–H groups in total. The first kappa shape index (κ1) is 14.8. The Morgan fingerprint density at radius 2 is 2.05 bits per heavy atom. The van der Waals surface area contributed by atoms with Crippen LogP contribution in [0.15, 0.2) is 18.2 Å². The molecule has 2 aliphatic rings. The van der Waals surface area contributed by atoms with Crippen molar-refractivity contribution in [1.82, 2.24) is 5.32 Å². The normalized spacial score (nSPS) is 23.1. The van der Waals surface area contributed by atoms with Crippen molar-refractivity contribution in [2.75, 3.05) is 18.1 Å². The molecule has 2 fully saturated rings. The van der Waals surface area contributed by atoms with E-state index in [1.807, 2.05) is 6.07 Å². The summed E-state index contributed by atoms with van der Waals surface area (Å²) in [7, 11) is 0. The fourth-order valence-electron chi connectivity index (χ4n) is 3.21. The van der Waals surface area contributed by atoms with Crippen LogP contribution in [0.2, 0.25) is 0 Å². The van der Waals surface area contributed by atoms with Gasteiger partial charge in [-0.2, -0.15) is 0 Å². The van der Waals surface area contributed by atoms with E-state index in [1.165, 1.54) is 19.3 Å². The van der Waals surface area contributed by atoms with E-state index in [4.69, 9.17) is 0 Å². The van der Waals surface area contributed by atoms with Gasteiger partial charge in [0.2, 0.25) is 0 Å². The maximum atomic E-state index is 14.3. The van der Waals surface area contributed by atoms with Crippen molar-refractivity contribution in [1.29, 1.82) is 0 Å². The summed E-state index contributed by atoms with van der Waals surface area (Å²) in [6.45, 7) is 1.64. The van der Waals surface area contributed by atoms with E-state index < -0.39 is 0 Å². The van der Waals surface area contributed by atoms with E-state index in [1.54, 1.807) is 12.1 Å². The fourth-order valence-corrected chi connectivity index (χ4v) is 3.21. The summed E-state index contributed by atoms with van der Waals surface area (Å²) in [5.41, 5.74) is 1.72. The van der Waals surface area contributed by atoms with E-state index in [0.29, 0.717) is 12.6 Å². The summed E-state index contributed by atoms with van der Waals surface area (Å²) in [6, 6.07) is 6.01. The number of rotatable bonds is 5. The Kier molecular flexibility index (Phi) is 4.76. The lowest BCUT2D eigenvalue weighted by atomic mass is 10.1. The van der Waals surface area contributed by atoms with Gasteiger partial charge in [-0.15, -0.1) is 0 Å². The van der Waals surface area contributed by atoms with Gasteiger partial charge in [0, 0.05) is 30.4 Å². The Morgan fingerprint density at radius 1 is 1.19 bits per heavy atom. The number of nitrogens with zero attached hydrogens (tertiary/aromatic N) is 1. The molecule has 1 aliphatic carbocycles. The Labute approximate surface area is 126 Å². The molecule has 4 heteroatoms. The Morgan fingerprint density at radius 3 is 2.81 bits per heavy atom. The molecule has 1 heterocycles. The van der Waals surface area contributed by atoms with Crippen LogP contribution in [0, 0.1) is 5.82 Å². The van der Waals surface area contributed by atoms with Gasteiger partial charge in [-0.1, -0.05) is 18.9 Å². The monoisotopic (exact) mass is 292 g/mol. The molecule has 116 valence electrons. The molecular formula is C17H25FN2O. The summed E-state index contributed by atoms with van der Waals surface area (Å²) in [5, 5.41) is 13.1. The van der Waals surface area contributed by atoms with Crippen LogP contribution in [0.25, 0.3) is 0 Å². The molecule has 0 bridgehead atoms. The minimum absolute atomic E-state index is 0.119. The molecule has 3 nitrogen and oxygen atoms in total. The Hall–Kier alpha value is -1.13. The summed E-state index contributed by atoms with van der Waals surface area (Å²) in [6.07, 6.45) is 6.84. The second-order valence-electron chi connectivity index (χ2n) is 6.27. The summed E-state index contributed by atoms with van der Waals surface area (Å²) in [4.78, 5) is 2.22. The number of halogens is 1. The van der Waals surface area contributed by atoms with E-state index in [-0.39, 0.29) is 18.5 Å². The van der Waals surface area contributed by atoms with Gasteiger partial charge in [0.25, 0.3) is 0 Å². The first-order chi connectivity index (χ1) is 10.3. The lowest BCUT2D eigenvalue weighted by Gasteiger charge is -2.32. The molecule has 3 rings (SSSR count). The third-order valence-electron chi connectivity index (χ3n) is 4.64. The smallest absolute Gasteiger partial charge is 0.129 e. The van der Waals surface area contributed by atoms with E-state index in [2.05, 4.69) is 10.2 Å². The zero-order valence-corrected chi connectivity index (χ0v) is 12.5. The highest BCUT2D eigenvalue weighted by Gasteiger charge is 2.25. The lowest BCUT2D eigenvalue weighted by Crippen LogP contribution is -2.38. The van der Waals surface area contributed by atoms with Gasteiger partial charge in [0.1, 0.15) is 5.82 Å². The van der Waals surface area contributed by atoms with Crippen molar-refractivity contribution >= 4 is 5.69 Å². The number of benzene rings is 1. The number of anilines is 1. The van der Waals surface area contributed by atoms with Gasteiger partial charge >= 0.3 is 0 Å².